The number of benzene rings is 1. The highest BCUT2D eigenvalue weighted by Gasteiger charge is 2.18. The van der Waals surface area contributed by atoms with Crippen molar-refractivity contribution in [2.75, 3.05) is 63.9 Å². The van der Waals surface area contributed by atoms with Crippen LogP contribution in [0.5, 0.6) is 0 Å². The van der Waals surface area contributed by atoms with Crippen molar-refractivity contribution in [2.45, 2.75) is 0 Å². The third-order valence-electron chi connectivity index (χ3n) is 5.74. The molecule has 3 aromatic heterocycles. The molecule has 0 saturated heterocycles. The lowest BCUT2D eigenvalue weighted by Crippen LogP contribution is -2.28. The van der Waals surface area contributed by atoms with E-state index in [1.165, 1.54) is 13.2 Å². The summed E-state index contributed by atoms with van der Waals surface area (Å²) in [4.78, 5) is 48.6. The fourth-order valence-electron chi connectivity index (χ4n) is 3.76. The molecule has 13 heteroatoms. The Morgan fingerprint density at radius 3 is 2.51 bits per heavy atom. The number of carbonyl (C=O) groups excluding carboxylic acids is 1. The highest BCUT2D eigenvalue weighted by atomic mass is 35.5. The fraction of sp³-hybridized carbons (Fsp3) is 0.269. The van der Waals surface area contributed by atoms with E-state index in [0.717, 1.165) is 11.3 Å². The molecule has 0 aliphatic heterocycles. The van der Waals surface area contributed by atoms with Gasteiger partial charge in [-0.1, -0.05) is 23.2 Å². The number of amides is 1. The summed E-state index contributed by atoms with van der Waals surface area (Å²) in [5.74, 6) is 0.517. The number of pyridine rings is 2. The summed E-state index contributed by atoms with van der Waals surface area (Å²) in [6.45, 7) is 1.41. The maximum Gasteiger partial charge on any atom is 0.293 e. The van der Waals surface area contributed by atoms with Crippen molar-refractivity contribution < 1.29 is 9.63 Å². The number of hydrogen-bond acceptors (Lipinski definition) is 9. The van der Waals surface area contributed by atoms with Crippen molar-refractivity contribution >= 4 is 57.6 Å². The molecule has 1 aromatic carbocycles. The Labute approximate surface area is 235 Å². The monoisotopic (exact) mass is 570 g/mol. The van der Waals surface area contributed by atoms with Crippen LogP contribution in [0.2, 0.25) is 10.2 Å². The standard InChI is InChI=1S/C26H28Cl2N8O3/c1-34(2)9-8-29-26-30-14-16-10-19(25(38)36(39-5)23(16)33-26)18-13-17(6-7-20(18)27)31-24(37)15-11-21(28)32-22(12-15)35(3)4/h6-7,10-14H,8-9H2,1-5H3,(H,31,37)(H,29,30,33). The van der Waals surface area contributed by atoms with Gasteiger partial charge in [0.2, 0.25) is 5.95 Å². The van der Waals surface area contributed by atoms with Crippen LogP contribution in [0.25, 0.3) is 22.2 Å². The van der Waals surface area contributed by atoms with Crippen LogP contribution in [0.15, 0.2) is 47.4 Å². The molecule has 0 radical (unpaired) electrons. The molecule has 0 aliphatic carbocycles. The fourth-order valence-corrected chi connectivity index (χ4v) is 4.19. The molecular weight excluding hydrogens is 543 g/mol. The van der Waals surface area contributed by atoms with E-state index in [9.17, 15) is 9.59 Å². The summed E-state index contributed by atoms with van der Waals surface area (Å²) >= 11 is 12.6. The Morgan fingerprint density at radius 2 is 1.82 bits per heavy atom. The van der Waals surface area contributed by atoms with Gasteiger partial charge in [0.05, 0.1) is 5.56 Å². The zero-order chi connectivity index (χ0) is 28.3. The quantitative estimate of drug-likeness (QED) is 0.291. The van der Waals surface area contributed by atoms with Crippen molar-refractivity contribution in [1.29, 1.82) is 0 Å². The molecule has 39 heavy (non-hydrogen) atoms. The first-order chi connectivity index (χ1) is 18.6. The van der Waals surface area contributed by atoms with Gasteiger partial charge in [-0.3, -0.25) is 9.59 Å². The van der Waals surface area contributed by atoms with Gasteiger partial charge >= 0.3 is 0 Å². The van der Waals surface area contributed by atoms with E-state index in [1.54, 1.807) is 55.5 Å². The van der Waals surface area contributed by atoms with Gasteiger partial charge in [0.1, 0.15) is 18.1 Å². The van der Waals surface area contributed by atoms with Gasteiger partial charge in [-0.2, -0.15) is 4.98 Å². The third kappa shape index (κ3) is 6.39. The Bertz CT molecular complexity index is 1590. The first-order valence-electron chi connectivity index (χ1n) is 11.9. The highest BCUT2D eigenvalue weighted by Crippen LogP contribution is 2.30. The van der Waals surface area contributed by atoms with Crippen molar-refractivity contribution in [2.24, 2.45) is 0 Å². The number of rotatable bonds is 9. The second kappa shape index (κ2) is 11.9. The number of carbonyl (C=O) groups is 1. The first kappa shape index (κ1) is 28.1. The average Bonchev–Trinajstić information content (AvgIpc) is 2.89. The summed E-state index contributed by atoms with van der Waals surface area (Å²) in [6, 6.07) is 9.62. The zero-order valence-electron chi connectivity index (χ0n) is 22.1. The summed E-state index contributed by atoms with van der Waals surface area (Å²) in [5.41, 5.74) is 1.25. The zero-order valence-corrected chi connectivity index (χ0v) is 23.6. The molecule has 0 aliphatic rings. The number of aromatic nitrogens is 4. The predicted octanol–water partition coefficient (Wildman–Crippen LogP) is 3.51. The molecule has 0 bridgehead atoms. The average molecular weight is 571 g/mol. The van der Waals surface area contributed by atoms with Crippen molar-refractivity contribution in [1.82, 2.24) is 24.6 Å². The van der Waals surface area contributed by atoms with Crippen LogP contribution < -0.4 is 25.9 Å². The molecule has 11 nitrogen and oxygen atoms in total. The molecule has 4 aromatic rings. The van der Waals surface area contributed by atoms with E-state index in [-0.39, 0.29) is 10.7 Å². The predicted molar refractivity (Wildman–Crippen MR) is 155 cm³/mol. The molecule has 204 valence electrons. The third-order valence-corrected chi connectivity index (χ3v) is 6.27. The summed E-state index contributed by atoms with van der Waals surface area (Å²) in [5, 5.41) is 7.04. The van der Waals surface area contributed by atoms with Crippen LogP contribution in [0.1, 0.15) is 10.4 Å². The number of hydrogen-bond donors (Lipinski definition) is 2. The molecule has 0 unspecified atom stereocenters. The second-order valence-electron chi connectivity index (χ2n) is 9.12. The number of likely N-dealkylation sites (N-methyl/N-ethyl adjacent to an activating group) is 1. The Balaban J connectivity index is 1.69. The lowest BCUT2D eigenvalue weighted by atomic mass is 10.1. The number of fused-ring (bicyclic) bond motifs is 1. The van der Waals surface area contributed by atoms with Gasteiger partial charge in [-0.05, 0) is 50.5 Å². The number of nitrogens with zero attached hydrogens (tertiary/aromatic N) is 6. The minimum absolute atomic E-state index is 0.192. The lowest BCUT2D eigenvalue weighted by Gasteiger charge is -2.15. The van der Waals surface area contributed by atoms with Crippen molar-refractivity contribution in [3.8, 4) is 11.1 Å². The van der Waals surface area contributed by atoms with Gasteiger partial charge in [0.25, 0.3) is 11.5 Å². The van der Waals surface area contributed by atoms with E-state index in [4.69, 9.17) is 28.0 Å². The highest BCUT2D eigenvalue weighted by molar-refractivity contribution is 6.33. The summed E-state index contributed by atoms with van der Waals surface area (Å²) in [6.07, 6.45) is 1.60. The van der Waals surface area contributed by atoms with Gasteiger partial charge in [0.15, 0.2) is 5.65 Å². The van der Waals surface area contributed by atoms with E-state index in [0.29, 0.717) is 51.2 Å². The van der Waals surface area contributed by atoms with Crippen LogP contribution >= 0.6 is 23.2 Å². The van der Waals surface area contributed by atoms with Crippen LogP contribution in [0.4, 0.5) is 17.5 Å². The van der Waals surface area contributed by atoms with Gasteiger partial charge in [-0.15, -0.1) is 4.73 Å². The summed E-state index contributed by atoms with van der Waals surface area (Å²) < 4.78 is 1.09. The van der Waals surface area contributed by atoms with Crippen molar-refractivity contribution in [3.05, 3.63) is 68.7 Å². The van der Waals surface area contributed by atoms with Gasteiger partial charge in [0, 0.05) is 60.6 Å². The maximum atomic E-state index is 13.5. The topological polar surface area (TPSA) is 118 Å². The summed E-state index contributed by atoms with van der Waals surface area (Å²) in [7, 11) is 8.92. The Kier molecular flexibility index (Phi) is 8.54. The SMILES string of the molecule is COn1c(=O)c(-c2cc(NC(=O)c3cc(Cl)nc(N(C)C)c3)ccc2Cl)cc2cnc(NCCN(C)C)nc21. The normalized spacial score (nSPS) is 11.1. The molecule has 0 spiro atoms. The van der Waals surface area contributed by atoms with E-state index < -0.39 is 11.5 Å². The van der Waals surface area contributed by atoms with Crippen LogP contribution in [-0.2, 0) is 0 Å². The van der Waals surface area contributed by atoms with Crippen LogP contribution in [0, 0.1) is 0 Å². The van der Waals surface area contributed by atoms with Crippen LogP contribution in [-0.4, -0.2) is 78.9 Å². The Hall–Kier alpha value is -3.93. The van der Waals surface area contributed by atoms with Crippen molar-refractivity contribution in [3.63, 3.8) is 0 Å². The van der Waals surface area contributed by atoms with Gasteiger partial charge < -0.3 is 25.3 Å². The number of nitrogens with one attached hydrogen (secondary N) is 2. The minimum Gasteiger partial charge on any atom is -0.412 e. The largest absolute Gasteiger partial charge is 0.412 e. The molecule has 0 atom stereocenters. The molecule has 1 amide bonds. The smallest absolute Gasteiger partial charge is 0.293 e. The Morgan fingerprint density at radius 1 is 1.05 bits per heavy atom. The van der Waals surface area contributed by atoms with Crippen LogP contribution in [0.3, 0.4) is 0 Å². The molecule has 0 saturated carbocycles. The molecule has 0 fully saturated rings. The van der Waals surface area contributed by atoms with E-state index in [1.807, 2.05) is 19.0 Å². The van der Waals surface area contributed by atoms with E-state index in [2.05, 4.69) is 25.6 Å². The molecule has 2 N–H and O–H groups in total. The molecule has 3 heterocycles. The second-order valence-corrected chi connectivity index (χ2v) is 9.92. The number of halogens is 2. The maximum absolute atomic E-state index is 13.5. The van der Waals surface area contributed by atoms with Gasteiger partial charge in [-0.25, -0.2) is 9.97 Å². The molecular formula is C26H28Cl2N8O3. The van der Waals surface area contributed by atoms with E-state index >= 15 is 0 Å². The minimum atomic E-state index is -0.468. The molecule has 4 rings (SSSR count). The first-order valence-corrected chi connectivity index (χ1v) is 12.6. The lowest BCUT2D eigenvalue weighted by molar-refractivity contribution is 0.102. The number of anilines is 3.